The van der Waals surface area contributed by atoms with Gasteiger partial charge in [0.1, 0.15) is 12.8 Å². The fraction of sp³-hybridized carbons (Fsp3) is 0.500. The van der Waals surface area contributed by atoms with Crippen LogP contribution < -0.4 is 0 Å². The number of carbonyl (C=O) groups is 1. The zero-order valence-electron chi connectivity index (χ0n) is 10.7. The summed E-state index contributed by atoms with van der Waals surface area (Å²) in [5.74, 6) is -0.201. The van der Waals surface area contributed by atoms with Gasteiger partial charge in [-0.15, -0.1) is 0 Å². The first kappa shape index (κ1) is 13.8. The second-order valence-corrected chi connectivity index (χ2v) is 4.83. The van der Waals surface area contributed by atoms with Crippen molar-refractivity contribution in [1.29, 1.82) is 0 Å². The van der Waals surface area contributed by atoms with Crippen LogP contribution in [0.3, 0.4) is 0 Å². The molecule has 19 heavy (non-hydrogen) atoms. The summed E-state index contributed by atoms with van der Waals surface area (Å²) in [6.07, 6.45) is -1.31. The van der Waals surface area contributed by atoms with Gasteiger partial charge < -0.3 is 14.7 Å². The lowest BCUT2D eigenvalue weighted by atomic mass is 9.98. The lowest BCUT2D eigenvalue weighted by Crippen LogP contribution is -2.46. The predicted octanol–water partition coefficient (Wildman–Crippen LogP) is 1.98. The molecule has 1 heterocycles. The molecule has 1 fully saturated rings. The lowest BCUT2D eigenvalue weighted by Gasteiger charge is -2.33. The molecule has 0 bridgehead atoms. The van der Waals surface area contributed by atoms with Gasteiger partial charge in [-0.05, 0) is 12.0 Å². The topological polar surface area (TPSA) is 49.8 Å². The molecule has 1 amide bonds. The Morgan fingerprint density at radius 2 is 2.11 bits per heavy atom. The van der Waals surface area contributed by atoms with E-state index >= 15 is 0 Å². The number of carbonyl (C=O) groups excluding carboxylic acids is 1. The number of hydrogen-bond donors (Lipinski definition) is 1. The molecule has 5 heteroatoms. The van der Waals surface area contributed by atoms with Crippen molar-refractivity contribution in [3.63, 3.8) is 0 Å². The molecule has 4 nitrogen and oxygen atoms in total. The number of aliphatic hydroxyl groups is 1. The number of amides is 1. The van der Waals surface area contributed by atoms with Crippen LogP contribution in [0.1, 0.15) is 12.0 Å². The van der Waals surface area contributed by atoms with E-state index in [0.717, 1.165) is 5.56 Å². The molecule has 0 aromatic heterocycles. The molecule has 1 N–H and O–H groups in total. The number of halogens is 1. The van der Waals surface area contributed by atoms with Crippen molar-refractivity contribution in [3.05, 3.63) is 35.9 Å². The van der Waals surface area contributed by atoms with E-state index in [0.29, 0.717) is 13.0 Å². The third kappa shape index (κ3) is 3.92. The largest absolute Gasteiger partial charge is 0.445 e. The van der Waals surface area contributed by atoms with E-state index in [2.05, 4.69) is 0 Å². The molecule has 0 unspecified atom stereocenters. The van der Waals surface area contributed by atoms with Crippen molar-refractivity contribution in [2.45, 2.75) is 19.2 Å². The standard InChI is InChI=1S/C14H18FNO3/c15-13-6-12(9-17)7-16(8-13)14(18)19-10-11-4-2-1-3-5-11/h1-5,12-13,17H,6-10H2/t12-,13-/m1/s1. The zero-order valence-corrected chi connectivity index (χ0v) is 10.7. The smallest absolute Gasteiger partial charge is 0.410 e. The van der Waals surface area contributed by atoms with Crippen molar-refractivity contribution in [1.82, 2.24) is 4.90 Å². The van der Waals surface area contributed by atoms with Crippen LogP contribution in [0, 0.1) is 5.92 Å². The van der Waals surface area contributed by atoms with Crippen LogP contribution >= 0.6 is 0 Å². The van der Waals surface area contributed by atoms with Gasteiger partial charge in [-0.1, -0.05) is 30.3 Å². The molecule has 104 valence electrons. The van der Waals surface area contributed by atoms with Gasteiger partial charge in [0.05, 0.1) is 6.54 Å². The number of likely N-dealkylation sites (tertiary alicyclic amines) is 1. The third-order valence-corrected chi connectivity index (χ3v) is 3.21. The van der Waals surface area contributed by atoms with Gasteiger partial charge in [0.2, 0.25) is 0 Å². The van der Waals surface area contributed by atoms with E-state index in [1.807, 2.05) is 30.3 Å². The van der Waals surface area contributed by atoms with Gasteiger partial charge in [-0.3, -0.25) is 0 Å². The number of alkyl halides is 1. The number of ether oxygens (including phenoxy) is 1. The number of aliphatic hydroxyl groups excluding tert-OH is 1. The van der Waals surface area contributed by atoms with E-state index in [-0.39, 0.29) is 25.7 Å². The SMILES string of the molecule is O=C(OCc1ccccc1)N1C[C@H](F)C[C@@H](CO)C1. The van der Waals surface area contributed by atoms with Crippen LogP contribution in [0.4, 0.5) is 9.18 Å². The number of rotatable bonds is 3. The zero-order chi connectivity index (χ0) is 13.7. The van der Waals surface area contributed by atoms with E-state index in [1.165, 1.54) is 4.90 Å². The van der Waals surface area contributed by atoms with Crippen molar-refractivity contribution >= 4 is 6.09 Å². The van der Waals surface area contributed by atoms with Gasteiger partial charge in [0, 0.05) is 19.1 Å². The van der Waals surface area contributed by atoms with E-state index in [4.69, 9.17) is 9.84 Å². The molecule has 1 aliphatic heterocycles. The molecule has 0 saturated carbocycles. The number of benzene rings is 1. The number of nitrogens with zero attached hydrogens (tertiary/aromatic N) is 1. The van der Waals surface area contributed by atoms with E-state index in [9.17, 15) is 9.18 Å². The monoisotopic (exact) mass is 267 g/mol. The Balaban J connectivity index is 1.85. The fourth-order valence-electron chi connectivity index (χ4n) is 2.23. The summed E-state index contributed by atoms with van der Waals surface area (Å²) in [5.41, 5.74) is 0.892. The molecule has 1 aliphatic rings. The molecular formula is C14H18FNO3. The normalized spacial score (nSPS) is 23.2. The van der Waals surface area contributed by atoms with Crippen LogP contribution in [0.2, 0.25) is 0 Å². The van der Waals surface area contributed by atoms with Gasteiger partial charge >= 0.3 is 6.09 Å². The van der Waals surface area contributed by atoms with Crippen LogP contribution in [-0.4, -0.2) is 42.0 Å². The van der Waals surface area contributed by atoms with E-state index < -0.39 is 12.3 Å². The lowest BCUT2D eigenvalue weighted by molar-refractivity contribution is 0.0416. The number of hydrogen-bond acceptors (Lipinski definition) is 3. The molecule has 1 aromatic carbocycles. The Hall–Kier alpha value is -1.62. The Labute approximate surface area is 111 Å². The first-order valence-electron chi connectivity index (χ1n) is 6.39. The second-order valence-electron chi connectivity index (χ2n) is 4.83. The fourth-order valence-corrected chi connectivity index (χ4v) is 2.23. The van der Waals surface area contributed by atoms with Crippen LogP contribution in [0.5, 0.6) is 0 Å². The molecule has 0 spiro atoms. The second kappa shape index (κ2) is 6.52. The summed E-state index contributed by atoms with van der Waals surface area (Å²) >= 11 is 0. The molecular weight excluding hydrogens is 249 g/mol. The highest BCUT2D eigenvalue weighted by Crippen LogP contribution is 2.19. The minimum absolute atomic E-state index is 0.0458. The van der Waals surface area contributed by atoms with Gasteiger partial charge in [-0.2, -0.15) is 0 Å². The summed E-state index contributed by atoms with van der Waals surface area (Å²) in [5, 5.41) is 9.07. The van der Waals surface area contributed by atoms with Gasteiger partial charge in [0.15, 0.2) is 0 Å². The highest BCUT2D eigenvalue weighted by atomic mass is 19.1. The van der Waals surface area contributed by atoms with Gasteiger partial charge in [-0.25, -0.2) is 9.18 Å². The Kier molecular flexibility index (Phi) is 4.74. The van der Waals surface area contributed by atoms with Crippen LogP contribution in [0.15, 0.2) is 30.3 Å². The Bertz CT molecular complexity index is 412. The van der Waals surface area contributed by atoms with Crippen LogP contribution in [-0.2, 0) is 11.3 Å². The van der Waals surface area contributed by atoms with Crippen molar-refractivity contribution in [2.24, 2.45) is 5.92 Å². The van der Waals surface area contributed by atoms with E-state index in [1.54, 1.807) is 0 Å². The molecule has 0 aliphatic carbocycles. The van der Waals surface area contributed by atoms with Crippen molar-refractivity contribution < 1.29 is 19.0 Å². The summed E-state index contributed by atoms with van der Waals surface area (Å²) in [7, 11) is 0. The Morgan fingerprint density at radius 1 is 1.37 bits per heavy atom. The molecule has 1 aromatic rings. The maximum Gasteiger partial charge on any atom is 0.410 e. The average molecular weight is 267 g/mol. The summed E-state index contributed by atoms with van der Waals surface area (Å²) in [4.78, 5) is 13.2. The summed E-state index contributed by atoms with van der Waals surface area (Å²) in [6, 6.07) is 9.33. The summed E-state index contributed by atoms with van der Waals surface area (Å²) < 4.78 is 18.6. The molecule has 2 rings (SSSR count). The third-order valence-electron chi connectivity index (χ3n) is 3.21. The molecule has 0 radical (unpaired) electrons. The quantitative estimate of drug-likeness (QED) is 0.911. The summed E-state index contributed by atoms with van der Waals surface area (Å²) in [6.45, 7) is 0.467. The highest BCUT2D eigenvalue weighted by molar-refractivity contribution is 5.67. The maximum atomic E-state index is 13.4. The Morgan fingerprint density at radius 3 is 2.79 bits per heavy atom. The van der Waals surface area contributed by atoms with Crippen molar-refractivity contribution in [2.75, 3.05) is 19.7 Å². The molecule has 2 atom stereocenters. The maximum absolute atomic E-state index is 13.4. The first-order valence-corrected chi connectivity index (χ1v) is 6.39. The first-order chi connectivity index (χ1) is 9.19. The number of piperidine rings is 1. The highest BCUT2D eigenvalue weighted by Gasteiger charge is 2.30. The minimum atomic E-state index is -1.09. The molecule has 1 saturated heterocycles. The minimum Gasteiger partial charge on any atom is -0.445 e. The average Bonchev–Trinajstić information content (AvgIpc) is 2.45. The van der Waals surface area contributed by atoms with Crippen molar-refractivity contribution in [3.8, 4) is 0 Å². The van der Waals surface area contributed by atoms with Gasteiger partial charge in [0.25, 0.3) is 0 Å². The van der Waals surface area contributed by atoms with Crippen LogP contribution in [0.25, 0.3) is 0 Å². The predicted molar refractivity (Wildman–Crippen MR) is 68.3 cm³/mol.